The molecule has 0 saturated heterocycles. The van der Waals surface area contributed by atoms with Crippen LogP contribution in [-0.4, -0.2) is 13.7 Å². The van der Waals surface area contributed by atoms with Crippen LogP contribution in [0.2, 0.25) is 0 Å². The van der Waals surface area contributed by atoms with Gasteiger partial charge in [-0.25, -0.2) is 0 Å². The first-order chi connectivity index (χ1) is 6.77. The number of benzene rings is 2. The zero-order valence-corrected chi connectivity index (χ0v) is 7.53. The Kier molecular flexibility index (Phi) is 2.23. The molecule has 1 N–H and O–H groups in total. The van der Waals surface area contributed by atoms with E-state index in [-0.39, 0.29) is 0 Å². The molecule has 2 nitrogen and oxygen atoms in total. The highest BCUT2D eigenvalue weighted by Crippen LogP contribution is 2.22. The largest absolute Gasteiger partial charge is 0.336 e. The molecule has 2 radical (unpaired) electrons. The molecule has 0 spiro atoms. The first-order valence-corrected chi connectivity index (χ1v) is 4.31. The number of carbonyl (C=O) groups excluding carboxylic acids is 1. The van der Waals surface area contributed by atoms with Crippen molar-refractivity contribution in [3.63, 3.8) is 0 Å². The number of nitrogens with one attached hydrogen (secondary N) is 1. The molecule has 2 rings (SSSR count). The second-order valence-corrected chi connectivity index (χ2v) is 3.02. The Labute approximate surface area is 83.3 Å². The summed E-state index contributed by atoms with van der Waals surface area (Å²) in [6.07, 6.45) is 0. The van der Waals surface area contributed by atoms with Crippen LogP contribution in [0.3, 0.4) is 0 Å². The van der Waals surface area contributed by atoms with Gasteiger partial charge in [-0.1, -0.05) is 36.4 Å². The average molecular weight is 181 g/mol. The van der Waals surface area contributed by atoms with Gasteiger partial charge in [0.05, 0.1) is 0 Å². The molecule has 0 aromatic heterocycles. The van der Waals surface area contributed by atoms with Crippen molar-refractivity contribution in [3.05, 3.63) is 42.5 Å². The number of anilines is 1. The summed E-state index contributed by atoms with van der Waals surface area (Å²) in [4.78, 5) is 10.7. The first-order valence-electron chi connectivity index (χ1n) is 4.31. The van der Waals surface area contributed by atoms with Crippen LogP contribution in [0.4, 0.5) is 10.5 Å². The Morgan fingerprint density at radius 1 is 1.07 bits per heavy atom. The van der Waals surface area contributed by atoms with Crippen LogP contribution < -0.4 is 5.32 Å². The second kappa shape index (κ2) is 3.54. The molecule has 0 bridgehead atoms. The number of hydrogen-bond donors (Lipinski definition) is 1. The van der Waals surface area contributed by atoms with E-state index in [9.17, 15) is 4.79 Å². The Bertz CT molecular complexity index is 476. The van der Waals surface area contributed by atoms with E-state index in [0.717, 1.165) is 16.5 Å². The summed E-state index contributed by atoms with van der Waals surface area (Å²) in [6, 6.07) is 13.5. The van der Waals surface area contributed by atoms with Gasteiger partial charge in [-0.05, 0) is 11.5 Å². The third-order valence-electron chi connectivity index (χ3n) is 2.05. The summed E-state index contributed by atoms with van der Waals surface area (Å²) in [7, 11) is 5.07. The monoisotopic (exact) mass is 181 g/mol. The van der Waals surface area contributed by atoms with Gasteiger partial charge >= 0.3 is 0 Å². The summed E-state index contributed by atoms with van der Waals surface area (Å²) in [5.74, 6) is -0.540. The zero-order chi connectivity index (χ0) is 9.97. The highest BCUT2D eigenvalue weighted by molar-refractivity contribution is 6.60. The maximum atomic E-state index is 10.7. The zero-order valence-electron chi connectivity index (χ0n) is 7.53. The molecule has 0 heterocycles. The summed E-state index contributed by atoms with van der Waals surface area (Å²) in [5, 5.41) is 4.66. The van der Waals surface area contributed by atoms with Crippen LogP contribution >= 0.6 is 0 Å². The molecule has 0 saturated carbocycles. The van der Waals surface area contributed by atoms with Crippen LogP contribution in [0.1, 0.15) is 0 Å². The lowest BCUT2D eigenvalue weighted by molar-refractivity contribution is 0.269. The van der Waals surface area contributed by atoms with E-state index in [1.165, 1.54) is 0 Å². The standard InChI is InChI=1S/C11H8BNO/c12-11(14)13-10-7-3-5-8-4-1-2-6-9(8)10/h1-7H,(H,13,14). The number of hydrogen-bond acceptors (Lipinski definition) is 1. The van der Waals surface area contributed by atoms with Crippen molar-refractivity contribution >= 4 is 30.1 Å². The Morgan fingerprint density at radius 3 is 2.57 bits per heavy atom. The average Bonchev–Trinajstić information content (AvgIpc) is 2.18. The number of amides is 1. The predicted octanol–water partition coefficient (Wildman–Crippen LogP) is 2.54. The van der Waals surface area contributed by atoms with E-state index in [1.54, 1.807) is 0 Å². The summed E-state index contributed by atoms with van der Waals surface area (Å²) >= 11 is 0. The molecule has 0 fully saturated rings. The lowest BCUT2D eigenvalue weighted by Crippen LogP contribution is -2.08. The maximum absolute atomic E-state index is 10.7. The van der Waals surface area contributed by atoms with Gasteiger partial charge in [-0.2, -0.15) is 0 Å². The molecule has 0 unspecified atom stereocenters. The van der Waals surface area contributed by atoms with Crippen molar-refractivity contribution in [1.29, 1.82) is 0 Å². The fourth-order valence-electron chi connectivity index (χ4n) is 1.47. The lowest BCUT2D eigenvalue weighted by Gasteiger charge is -2.06. The van der Waals surface area contributed by atoms with Gasteiger partial charge in [-0.3, -0.25) is 4.79 Å². The topological polar surface area (TPSA) is 29.1 Å². The predicted molar refractivity (Wildman–Crippen MR) is 58.7 cm³/mol. The van der Waals surface area contributed by atoms with Gasteiger partial charge < -0.3 is 5.32 Å². The number of carbonyl (C=O) groups is 1. The highest BCUT2D eigenvalue weighted by Gasteiger charge is 1.99. The molecule has 1 amide bonds. The van der Waals surface area contributed by atoms with Gasteiger partial charge in [0.15, 0.2) is 5.81 Å². The van der Waals surface area contributed by atoms with Crippen LogP contribution in [0, 0.1) is 0 Å². The Hall–Kier alpha value is -1.77. The molecule has 14 heavy (non-hydrogen) atoms. The Morgan fingerprint density at radius 2 is 1.79 bits per heavy atom. The van der Waals surface area contributed by atoms with Gasteiger partial charge in [0, 0.05) is 11.1 Å². The molecule has 0 aliphatic carbocycles. The van der Waals surface area contributed by atoms with Gasteiger partial charge in [-0.15, -0.1) is 0 Å². The summed E-state index contributed by atoms with van der Waals surface area (Å²) in [5.41, 5.74) is 0.746. The second-order valence-electron chi connectivity index (χ2n) is 3.02. The van der Waals surface area contributed by atoms with E-state index in [0.29, 0.717) is 0 Å². The number of fused-ring (bicyclic) bond motifs is 1. The van der Waals surface area contributed by atoms with Crippen molar-refractivity contribution in [2.24, 2.45) is 0 Å². The van der Waals surface area contributed by atoms with Gasteiger partial charge in [0.25, 0.3) is 0 Å². The van der Waals surface area contributed by atoms with Crippen molar-refractivity contribution in [2.75, 3.05) is 5.32 Å². The quantitative estimate of drug-likeness (QED) is 0.672. The van der Waals surface area contributed by atoms with Crippen molar-refractivity contribution < 1.29 is 4.79 Å². The van der Waals surface area contributed by atoms with Gasteiger partial charge in [0.1, 0.15) is 0 Å². The minimum atomic E-state index is -0.540. The van der Waals surface area contributed by atoms with E-state index in [1.807, 2.05) is 42.5 Å². The van der Waals surface area contributed by atoms with Crippen LogP contribution in [0.25, 0.3) is 10.8 Å². The molecular weight excluding hydrogens is 173 g/mol. The fourth-order valence-corrected chi connectivity index (χ4v) is 1.47. The van der Waals surface area contributed by atoms with E-state index >= 15 is 0 Å². The highest BCUT2D eigenvalue weighted by atomic mass is 16.1. The third-order valence-corrected chi connectivity index (χ3v) is 2.05. The minimum Gasteiger partial charge on any atom is -0.336 e. The molecule has 3 heteroatoms. The summed E-state index contributed by atoms with van der Waals surface area (Å²) in [6.45, 7) is 0. The van der Waals surface area contributed by atoms with Crippen LogP contribution in [0.5, 0.6) is 0 Å². The van der Waals surface area contributed by atoms with Crippen molar-refractivity contribution in [1.82, 2.24) is 0 Å². The summed E-state index contributed by atoms with van der Waals surface area (Å²) < 4.78 is 0. The normalized spacial score (nSPS) is 10.0. The molecule has 0 aliphatic heterocycles. The third kappa shape index (κ3) is 1.62. The SMILES string of the molecule is [B]C(=O)Nc1cccc2ccccc12. The van der Waals surface area contributed by atoms with E-state index in [2.05, 4.69) is 5.32 Å². The van der Waals surface area contributed by atoms with Crippen molar-refractivity contribution in [3.8, 4) is 0 Å². The molecule has 2 aromatic carbocycles. The fraction of sp³-hybridized carbons (Fsp3) is 0. The van der Waals surface area contributed by atoms with E-state index in [4.69, 9.17) is 7.85 Å². The lowest BCUT2D eigenvalue weighted by atomic mass is 10.1. The molecule has 2 aromatic rings. The molecule has 0 atom stereocenters. The van der Waals surface area contributed by atoms with Crippen LogP contribution in [0.15, 0.2) is 42.5 Å². The Balaban J connectivity index is 2.59. The minimum absolute atomic E-state index is 0.540. The number of rotatable bonds is 1. The molecule has 66 valence electrons. The maximum Gasteiger partial charge on any atom is 0.201 e. The van der Waals surface area contributed by atoms with E-state index < -0.39 is 5.81 Å². The first kappa shape index (κ1) is 8.82. The van der Waals surface area contributed by atoms with Gasteiger partial charge in [0.2, 0.25) is 7.85 Å². The smallest absolute Gasteiger partial charge is 0.201 e. The van der Waals surface area contributed by atoms with Crippen LogP contribution in [-0.2, 0) is 0 Å². The molecular formula is C11H8BNO. The van der Waals surface area contributed by atoms with Crippen molar-refractivity contribution in [2.45, 2.75) is 0 Å². The molecule has 0 aliphatic rings.